The number of halogens is 4. The predicted octanol–water partition coefficient (Wildman–Crippen LogP) is 3.52. The lowest BCUT2D eigenvalue weighted by atomic mass is 9.90. The summed E-state index contributed by atoms with van der Waals surface area (Å²) in [4.78, 5) is 25.9. The van der Waals surface area contributed by atoms with Gasteiger partial charge in [0.15, 0.2) is 0 Å². The van der Waals surface area contributed by atoms with Crippen LogP contribution in [0.2, 0.25) is 10.0 Å². The highest BCUT2D eigenvalue weighted by Gasteiger charge is 2.30. The number of amides is 2. The van der Waals surface area contributed by atoms with Crippen molar-refractivity contribution in [3.63, 3.8) is 0 Å². The normalized spacial score (nSPS) is 17.5. The number of nitrogens with two attached hydrogens (primary N) is 1. The molecule has 2 atom stereocenters. The summed E-state index contributed by atoms with van der Waals surface area (Å²) in [6, 6.07) is 5.20. The van der Waals surface area contributed by atoms with Gasteiger partial charge >= 0.3 is 0 Å². The average molecular weight is 472 g/mol. The number of benzene rings is 2. The Bertz CT molecular complexity index is 983. The van der Waals surface area contributed by atoms with Gasteiger partial charge in [0, 0.05) is 24.7 Å². The summed E-state index contributed by atoms with van der Waals surface area (Å²) in [6.07, 6.45) is 1.11. The fraction of sp³-hybridized carbons (Fsp3) is 0.333. The maximum absolute atomic E-state index is 14.0. The molecule has 0 bridgehead atoms. The molecule has 1 aliphatic rings. The summed E-state index contributed by atoms with van der Waals surface area (Å²) < 4.78 is 27.2. The first-order valence-corrected chi connectivity index (χ1v) is 10.4. The molecule has 0 aliphatic carbocycles. The number of nitrogens with one attached hydrogen (secondary N) is 1. The fourth-order valence-electron chi connectivity index (χ4n) is 3.51. The summed E-state index contributed by atoms with van der Waals surface area (Å²) in [6.45, 7) is -0.264. The molecule has 0 aromatic heterocycles. The molecule has 0 saturated carbocycles. The van der Waals surface area contributed by atoms with E-state index in [1.54, 1.807) is 0 Å². The number of carbonyl (C=O) groups excluding carboxylic acids is 2. The first-order valence-electron chi connectivity index (χ1n) is 9.60. The Morgan fingerprint density at radius 3 is 2.55 bits per heavy atom. The lowest BCUT2D eigenvalue weighted by Crippen LogP contribution is -2.41. The molecule has 1 fully saturated rings. The molecule has 0 radical (unpaired) electrons. The van der Waals surface area contributed by atoms with E-state index >= 15 is 0 Å². The van der Waals surface area contributed by atoms with Crippen molar-refractivity contribution in [3.8, 4) is 0 Å². The molecule has 1 aliphatic heterocycles. The number of carbonyl (C=O) groups is 2. The van der Waals surface area contributed by atoms with Crippen molar-refractivity contribution in [2.45, 2.75) is 25.3 Å². The van der Waals surface area contributed by atoms with Crippen LogP contribution in [0.25, 0.3) is 0 Å². The molecule has 3 rings (SSSR count). The van der Waals surface area contributed by atoms with E-state index in [9.17, 15) is 18.4 Å². The Balaban J connectivity index is 1.80. The van der Waals surface area contributed by atoms with Gasteiger partial charge in [-0.15, -0.1) is 0 Å². The molecule has 10 heteroatoms. The summed E-state index contributed by atoms with van der Waals surface area (Å²) in [7, 11) is 0. The number of anilines is 2. The first-order chi connectivity index (χ1) is 14.7. The van der Waals surface area contributed by atoms with Gasteiger partial charge in [-0.05, 0) is 42.5 Å². The van der Waals surface area contributed by atoms with Crippen molar-refractivity contribution in [3.05, 3.63) is 57.6 Å². The lowest BCUT2D eigenvalue weighted by molar-refractivity contribution is -0.120. The summed E-state index contributed by atoms with van der Waals surface area (Å²) in [5, 5.41) is 11.8. The van der Waals surface area contributed by atoms with E-state index in [0.717, 1.165) is 6.07 Å². The van der Waals surface area contributed by atoms with E-state index in [1.807, 2.05) is 0 Å². The van der Waals surface area contributed by atoms with Gasteiger partial charge in [0.05, 0.1) is 22.3 Å². The smallest absolute Gasteiger partial charge is 0.243 e. The fourth-order valence-corrected chi connectivity index (χ4v) is 4.20. The third-order valence-corrected chi connectivity index (χ3v) is 5.70. The van der Waals surface area contributed by atoms with Crippen LogP contribution < -0.4 is 16.0 Å². The predicted molar refractivity (Wildman–Crippen MR) is 115 cm³/mol. The molecule has 2 aromatic rings. The molecule has 1 heterocycles. The Kier molecular flexibility index (Phi) is 7.48. The number of aliphatic hydroxyl groups excluding tert-OH is 1. The standard InChI is InChI=1S/C21H21Cl2F2N3O3/c22-15-7-14(27-21(31)18(26)10-29)8-16(23)20(15)28-9-11(1-4-19(28)30)5-12-2-3-13(24)6-17(12)25/h2-3,6-8,11,18,29H,1,4-5,9-10,26H2,(H,27,31)/t11?,18-/m0/s1. The number of aliphatic hydroxyl groups is 1. The minimum Gasteiger partial charge on any atom is -0.394 e. The van der Waals surface area contributed by atoms with Gasteiger partial charge in [-0.3, -0.25) is 9.59 Å². The molecule has 0 spiro atoms. The zero-order valence-corrected chi connectivity index (χ0v) is 17.9. The van der Waals surface area contributed by atoms with E-state index in [4.69, 9.17) is 34.0 Å². The monoisotopic (exact) mass is 471 g/mol. The molecule has 1 saturated heterocycles. The molecule has 166 valence electrons. The zero-order valence-electron chi connectivity index (χ0n) is 16.4. The van der Waals surface area contributed by atoms with Gasteiger partial charge in [0.2, 0.25) is 11.8 Å². The van der Waals surface area contributed by atoms with Crippen molar-refractivity contribution < 1.29 is 23.5 Å². The highest BCUT2D eigenvalue weighted by molar-refractivity contribution is 6.40. The van der Waals surface area contributed by atoms with Gasteiger partial charge in [-0.2, -0.15) is 0 Å². The molecule has 1 unspecified atom stereocenters. The topological polar surface area (TPSA) is 95.7 Å². The van der Waals surface area contributed by atoms with Gasteiger partial charge in [0.1, 0.15) is 17.7 Å². The minimum absolute atomic E-state index is 0.0771. The molecule has 31 heavy (non-hydrogen) atoms. The maximum Gasteiger partial charge on any atom is 0.243 e. The minimum atomic E-state index is -1.10. The van der Waals surface area contributed by atoms with Crippen LogP contribution >= 0.6 is 23.2 Å². The Labute approximate surface area is 187 Å². The molecular formula is C21H21Cl2F2N3O3. The Morgan fingerprint density at radius 2 is 1.94 bits per heavy atom. The number of rotatable bonds is 6. The highest BCUT2D eigenvalue weighted by Crippen LogP contribution is 2.39. The van der Waals surface area contributed by atoms with Crippen molar-refractivity contribution in [2.24, 2.45) is 11.7 Å². The number of hydrogen-bond acceptors (Lipinski definition) is 4. The molecule has 4 N–H and O–H groups in total. The van der Waals surface area contributed by atoms with E-state index in [0.29, 0.717) is 24.1 Å². The number of nitrogens with zero attached hydrogens (tertiary/aromatic N) is 1. The SMILES string of the molecule is N[C@@H](CO)C(=O)Nc1cc(Cl)c(N2CC(Cc3ccc(F)cc3F)CCC2=O)c(Cl)c1. The molecular weight excluding hydrogens is 451 g/mol. The van der Waals surface area contributed by atoms with Crippen LogP contribution in [0, 0.1) is 17.6 Å². The highest BCUT2D eigenvalue weighted by atomic mass is 35.5. The van der Waals surface area contributed by atoms with Gasteiger partial charge in [-0.1, -0.05) is 29.3 Å². The van der Waals surface area contributed by atoms with Gasteiger partial charge in [0.25, 0.3) is 0 Å². The first kappa shape index (κ1) is 23.4. The summed E-state index contributed by atoms with van der Waals surface area (Å²) in [5.41, 5.74) is 6.41. The second kappa shape index (κ2) is 9.91. The number of hydrogen-bond donors (Lipinski definition) is 3. The van der Waals surface area contributed by atoms with Crippen molar-refractivity contribution in [1.82, 2.24) is 0 Å². The van der Waals surface area contributed by atoms with Crippen molar-refractivity contribution >= 4 is 46.4 Å². The van der Waals surface area contributed by atoms with Crippen molar-refractivity contribution in [1.29, 1.82) is 0 Å². The van der Waals surface area contributed by atoms with Crippen LogP contribution in [0.4, 0.5) is 20.2 Å². The van der Waals surface area contributed by atoms with E-state index in [-0.39, 0.29) is 40.5 Å². The maximum atomic E-state index is 14.0. The zero-order chi connectivity index (χ0) is 22.7. The van der Waals surface area contributed by atoms with Crippen LogP contribution in [0.15, 0.2) is 30.3 Å². The van der Waals surface area contributed by atoms with Gasteiger partial charge < -0.3 is 21.1 Å². The number of piperidine rings is 1. The third-order valence-electron chi connectivity index (χ3n) is 5.12. The average Bonchev–Trinajstić information content (AvgIpc) is 2.71. The van der Waals surface area contributed by atoms with E-state index in [1.165, 1.54) is 29.2 Å². The Morgan fingerprint density at radius 1 is 1.26 bits per heavy atom. The molecule has 2 amide bonds. The van der Waals surface area contributed by atoms with Crippen molar-refractivity contribution in [2.75, 3.05) is 23.4 Å². The second-order valence-electron chi connectivity index (χ2n) is 7.42. The summed E-state index contributed by atoms with van der Waals surface area (Å²) in [5.74, 6) is -2.14. The van der Waals surface area contributed by atoms with Crippen LogP contribution in [0.1, 0.15) is 18.4 Å². The van der Waals surface area contributed by atoms with Crippen LogP contribution in [0.3, 0.4) is 0 Å². The van der Waals surface area contributed by atoms with E-state index < -0.39 is 30.2 Å². The Hall–Kier alpha value is -2.26. The largest absolute Gasteiger partial charge is 0.394 e. The quantitative estimate of drug-likeness (QED) is 0.600. The lowest BCUT2D eigenvalue weighted by Gasteiger charge is -2.34. The third kappa shape index (κ3) is 5.51. The summed E-state index contributed by atoms with van der Waals surface area (Å²) >= 11 is 12.7. The van der Waals surface area contributed by atoms with E-state index in [2.05, 4.69) is 5.32 Å². The van der Waals surface area contributed by atoms with Crippen LogP contribution in [0.5, 0.6) is 0 Å². The van der Waals surface area contributed by atoms with Crippen LogP contribution in [-0.4, -0.2) is 36.1 Å². The van der Waals surface area contributed by atoms with Crippen LogP contribution in [-0.2, 0) is 16.0 Å². The molecule has 2 aromatic carbocycles. The molecule has 6 nitrogen and oxygen atoms in total. The van der Waals surface area contributed by atoms with Gasteiger partial charge in [-0.25, -0.2) is 8.78 Å². The second-order valence-corrected chi connectivity index (χ2v) is 8.23.